The van der Waals surface area contributed by atoms with Crippen molar-refractivity contribution in [3.05, 3.63) is 53.6 Å². The van der Waals surface area contributed by atoms with Gasteiger partial charge in [0.2, 0.25) is 5.95 Å². The Balaban J connectivity index is 2.02. The molecule has 2 aromatic rings. The number of hydrogen-bond donors (Lipinski definition) is 2. The normalized spacial score (nSPS) is 12.1. The van der Waals surface area contributed by atoms with Gasteiger partial charge in [0.25, 0.3) is 0 Å². The van der Waals surface area contributed by atoms with E-state index < -0.39 is 0 Å². The highest BCUT2D eigenvalue weighted by Crippen LogP contribution is 2.22. The minimum atomic E-state index is -0.200. The van der Waals surface area contributed by atoms with Crippen molar-refractivity contribution in [3.8, 4) is 0 Å². The van der Waals surface area contributed by atoms with Gasteiger partial charge in [-0.15, -0.1) is 0 Å². The number of nitrogens with zero attached hydrogens (tertiary/aromatic N) is 3. The number of anilines is 1. The number of benzene rings is 1. The van der Waals surface area contributed by atoms with E-state index in [1.165, 1.54) is 25.1 Å². The number of aromatic nitrogens is 2. The van der Waals surface area contributed by atoms with Crippen LogP contribution in [0.2, 0.25) is 0 Å². The third-order valence-electron chi connectivity index (χ3n) is 3.41. The summed E-state index contributed by atoms with van der Waals surface area (Å²) in [4.78, 5) is 25.3. The SMILES string of the molecule is CCCC(O)=C(C=Nc1ccc(SNc2nccc(C)n2)cc1)C(C)=O. The van der Waals surface area contributed by atoms with E-state index in [-0.39, 0.29) is 17.1 Å². The lowest BCUT2D eigenvalue weighted by molar-refractivity contribution is -0.113. The predicted molar refractivity (Wildman–Crippen MR) is 106 cm³/mol. The van der Waals surface area contributed by atoms with Gasteiger partial charge in [-0.3, -0.25) is 14.5 Å². The lowest BCUT2D eigenvalue weighted by atomic mass is 10.1. The Bertz CT molecular complexity index is 817. The van der Waals surface area contributed by atoms with Gasteiger partial charge in [-0.05, 0) is 62.5 Å². The lowest BCUT2D eigenvalue weighted by Gasteiger charge is -2.05. The molecule has 1 heterocycles. The number of Topliss-reactive ketones (excluding diaryl/α,β-unsaturated/α-hetero) is 1. The lowest BCUT2D eigenvalue weighted by Crippen LogP contribution is -2.03. The van der Waals surface area contributed by atoms with Crippen LogP contribution in [0.5, 0.6) is 0 Å². The number of allylic oxidation sites excluding steroid dienone is 2. The van der Waals surface area contributed by atoms with Crippen LogP contribution in [0.3, 0.4) is 0 Å². The molecule has 2 rings (SSSR count). The molecule has 136 valence electrons. The van der Waals surface area contributed by atoms with E-state index in [2.05, 4.69) is 19.7 Å². The number of aliphatic hydroxyl groups is 1. The zero-order valence-electron chi connectivity index (χ0n) is 15.1. The van der Waals surface area contributed by atoms with Crippen LogP contribution >= 0.6 is 11.9 Å². The van der Waals surface area contributed by atoms with Crippen molar-refractivity contribution >= 4 is 35.6 Å². The van der Waals surface area contributed by atoms with Gasteiger partial charge >= 0.3 is 0 Å². The zero-order chi connectivity index (χ0) is 18.9. The van der Waals surface area contributed by atoms with Crippen molar-refractivity contribution in [2.24, 2.45) is 4.99 Å². The highest BCUT2D eigenvalue weighted by molar-refractivity contribution is 8.00. The average Bonchev–Trinajstić information content (AvgIpc) is 2.61. The summed E-state index contributed by atoms with van der Waals surface area (Å²) in [6, 6.07) is 9.33. The summed E-state index contributed by atoms with van der Waals surface area (Å²) in [5, 5.41) is 9.94. The third-order valence-corrected chi connectivity index (χ3v) is 4.20. The van der Waals surface area contributed by atoms with Gasteiger partial charge in [0.05, 0.1) is 11.3 Å². The Morgan fingerprint density at radius 1 is 1.31 bits per heavy atom. The molecule has 0 atom stereocenters. The van der Waals surface area contributed by atoms with E-state index in [1.54, 1.807) is 6.20 Å². The zero-order valence-corrected chi connectivity index (χ0v) is 15.9. The van der Waals surface area contributed by atoms with Crippen LogP contribution in [0.15, 0.2) is 57.7 Å². The smallest absolute Gasteiger partial charge is 0.233 e. The van der Waals surface area contributed by atoms with E-state index >= 15 is 0 Å². The maximum absolute atomic E-state index is 11.6. The molecule has 0 saturated heterocycles. The second-order valence-electron chi connectivity index (χ2n) is 5.64. The first-order chi connectivity index (χ1) is 12.5. The topological polar surface area (TPSA) is 87.5 Å². The standard InChI is InChI=1S/C19H22N4O2S/c1-4-5-18(25)17(14(3)24)12-21-15-6-8-16(9-7-15)26-23-19-20-11-10-13(2)22-19/h6-12,25H,4-5H2,1-3H3,(H,20,22,23). The summed E-state index contributed by atoms with van der Waals surface area (Å²) in [7, 11) is 0. The molecule has 0 spiro atoms. The first kappa shape index (κ1) is 19.7. The molecule has 0 radical (unpaired) electrons. The van der Waals surface area contributed by atoms with Crippen molar-refractivity contribution in [3.63, 3.8) is 0 Å². The van der Waals surface area contributed by atoms with Gasteiger partial charge < -0.3 is 5.11 Å². The minimum absolute atomic E-state index is 0.0817. The highest BCUT2D eigenvalue weighted by atomic mass is 32.2. The maximum atomic E-state index is 11.6. The molecule has 26 heavy (non-hydrogen) atoms. The molecular formula is C19H22N4O2S. The van der Waals surface area contributed by atoms with Crippen molar-refractivity contribution in [1.29, 1.82) is 0 Å². The van der Waals surface area contributed by atoms with Gasteiger partial charge in [-0.2, -0.15) is 0 Å². The highest BCUT2D eigenvalue weighted by Gasteiger charge is 2.08. The summed E-state index contributed by atoms with van der Waals surface area (Å²) >= 11 is 1.40. The number of aryl methyl sites for hydroxylation is 1. The Morgan fingerprint density at radius 2 is 2.04 bits per heavy atom. The van der Waals surface area contributed by atoms with Crippen LogP contribution < -0.4 is 4.72 Å². The Morgan fingerprint density at radius 3 is 2.65 bits per heavy atom. The largest absolute Gasteiger partial charge is 0.512 e. The number of carbonyl (C=O) groups excluding carboxylic acids is 1. The molecule has 0 aliphatic heterocycles. The number of aliphatic hydroxyl groups excluding tert-OH is 1. The van der Waals surface area contributed by atoms with Gasteiger partial charge in [0.1, 0.15) is 5.76 Å². The molecule has 1 aromatic heterocycles. The summed E-state index contributed by atoms with van der Waals surface area (Å²) in [6.07, 6.45) is 4.36. The van der Waals surface area contributed by atoms with E-state index in [0.717, 1.165) is 17.0 Å². The van der Waals surface area contributed by atoms with E-state index in [4.69, 9.17) is 0 Å². The monoisotopic (exact) mass is 370 g/mol. The second-order valence-corrected chi connectivity index (χ2v) is 6.52. The summed E-state index contributed by atoms with van der Waals surface area (Å²) in [5.41, 5.74) is 1.85. The molecular weight excluding hydrogens is 348 g/mol. The van der Waals surface area contributed by atoms with Crippen LogP contribution in [-0.2, 0) is 4.79 Å². The maximum Gasteiger partial charge on any atom is 0.233 e. The molecule has 7 heteroatoms. The summed E-state index contributed by atoms with van der Waals surface area (Å²) in [5.74, 6) is 0.437. The van der Waals surface area contributed by atoms with Crippen LogP contribution in [0.1, 0.15) is 32.4 Å². The third kappa shape index (κ3) is 6.00. The molecule has 0 saturated carbocycles. The van der Waals surface area contributed by atoms with E-state index in [1.807, 2.05) is 44.2 Å². The van der Waals surface area contributed by atoms with Crippen LogP contribution in [0.25, 0.3) is 0 Å². The molecule has 2 N–H and O–H groups in total. The first-order valence-electron chi connectivity index (χ1n) is 8.29. The number of hydrogen-bond acceptors (Lipinski definition) is 7. The van der Waals surface area contributed by atoms with Gasteiger partial charge in [0, 0.05) is 29.4 Å². The fourth-order valence-electron chi connectivity index (χ4n) is 2.08. The fraction of sp³-hybridized carbons (Fsp3) is 0.263. The van der Waals surface area contributed by atoms with Crippen molar-refractivity contribution < 1.29 is 9.90 Å². The predicted octanol–water partition coefficient (Wildman–Crippen LogP) is 4.81. The quantitative estimate of drug-likeness (QED) is 0.300. The number of carbonyl (C=O) groups is 1. The Labute approximate surface area is 157 Å². The molecule has 0 amide bonds. The molecule has 0 unspecified atom stereocenters. The number of rotatable bonds is 8. The summed E-state index contributed by atoms with van der Waals surface area (Å²) in [6.45, 7) is 5.27. The fourth-order valence-corrected chi connectivity index (χ4v) is 2.66. The molecule has 0 aliphatic carbocycles. The van der Waals surface area contributed by atoms with Gasteiger partial charge in [-0.25, -0.2) is 9.97 Å². The second kappa shape index (κ2) is 9.72. The first-order valence-corrected chi connectivity index (χ1v) is 9.11. The van der Waals surface area contributed by atoms with Crippen molar-refractivity contribution in [2.75, 3.05) is 4.72 Å². The van der Waals surface area contributed by atoms with Gasteiger partial charge in [0.15, 0.2) is 5.78 Å². The summed E-state index contributed by atoms with van der Waals surface area (Å²) < 4.78 is 3.09. The molecule has 0 bridgehead atoms. The number of nitrogens with one attached hydrogen (secondary N) is 1. The molecule has 0 aliphatic rings. The van der Waals surface area contributed by atoms with E-state index in [9.17, 15) is 9.90 Å². The van der Waals surface area contributed by atoms with Crippen molar-refractivity contribution in [2.45, 2.75) is 38.5 Å². The Hall–Kier alpha value is -2.67. The molecule has 1 aromatic carbocycles. The average molecular weight is 370 g/mol. The Kier molecular flexibility index (Phi) is 7.35. The van der Waals surface area contributed by atoms with Crippen LogP contribution in [0, 0.1) is 6.92 Å². The van der Waals surface area contributed by atoms with Crippen LogP contribution in [0.4, 0.5) is 11.6 Å². The van der Waals surface area contributed by atoms with Crippen LogP contribution in [-0.4, -0.2) is 27.1 Å². The minimum Gasteiger partial charge on any atom is -0.512 e. The number of ketones is 1. The number of aliphatic imine (C=N–C) groups is 1. The molecule has 6 nitrogen and oxygen atoms in total. The molecule has 0 fully saturated rings. The van der Waals surface area contributed by atoms with Gasteiger partial charge in [-0.1, -0.05) is 6.92 Å². The van der Waals surface area contributed by atoms with E-state index in [0.29, 0.717) is 18.1 Å². The van der Waals surface area contributed by atoms with Crippen molar-refractivity contribution in [1.82, 2.24) is 9.97 Å².